The van der Waals surface area contributed by atoms with E-state index in [2.05, 4.69) is 18.0 Å². The van der Waals surface area contributed by atoms with Crippen LogP contribution in [0.4, 0.5) is 0 Å². The number of rotatable bonds is 3. The largest absolute Gasteiger partial charge is 0.506 e. The van der Waals surface area contributed by atoms with Gasteiger partial charge < -0.3 is 15.3 Å². The summed E-state index contributed by atoms with van der Waals surface area (Å²) < 4.78 is 1.93. The highest BCUT2D eigenvalue weighted by Crippen LogP contribution is 2.39. The van der Waals surface area contributed by atoms with Crippen molar-refractivity contribution in [1.29, 1.82) is 0 Å². The number of phenolic OH excluding ortho intramolecular Hbond substituents is 1. The lowest BCUT2D eigenvalue weighted by atomic mass is 9.80. The second kappa shape index (κ2) is 6.78. The summed E-state index contributed by atoms with van der Waals surface area (Å²) in [5.41, 5.74) is 5.36. The number of hydrogen-bond donors (Lipinski definition) is 2. The lowest BCUT2D eigenvalue weighted by Gasteiger charge is -2.29. The van der Waals surface area contributed by atoms with Gasteiger partial charge in [-0.15, -0.1) is 0 Å². The number of amides is 1. The molecule has 3 heterocycles. The number of nitrogens with zero attached hydrogens (tertiary/aromatic N) is 3. The Labute approximate surface area is 164 Å². The van der Waals surface area contributed by atoms with E-state index in [9.17, 15) is 9.90 Å². The molecule has 0 radical (unpaired) electrons. The number of hydrogen-bond acceptors (Lipinski definition) is 4. The van der Waals surface area contributed by atoms with Crippen LogP contribution in [0.15, 0.2) is 30.9 Å². The minimum atomic E-state index is -0.0313. The van der Waals surface area contributed by atoms with Crippen LogP contribution in [-0.4, -0.2) is 45.3 Å². The number of aromatic hydroxyl groups is 1. The summed E-state index contributed by atoms with van der Waals surface area (Å²) in [6, 6.07) is 6.15. The zero-order chi connectivity index (χ0) is 19.3. The Morgan fingerprint density at radius 3 is 2.89 bits per heavy atom. The lowest BCUT2D eigenvalue weighted by Crippen LogP contribution is -2.40. The van der Waals surface area contributed by atoms with Crippen molar-refractivity contribution in [2.45, 2.75) is 44.1 Å². The van der Waals surface area contributed by atoms with Crippen LogP contribution in [0.1, 0.15) is 53.7 Å². The zero-order valence-corrected chi connectivity index (χ0v) is 16.0. The van der Waals surface area contributed by atoms with Crippen LogP contribution in [0, 0.1) is 0 Å². The smallest absolute Gasteiger partial charge is 0.246 e. The van der Waals surface area contributed by atoms with E-state index in [1.807, 2.05) is 21.7 Å². The molecule has 0 spiro atoms. The molecule has 0 unspecified atom stereocenters. The van der Waals surface area contributed by atoms with Crippen LogP contribution in [-0.2, 0) is 17.6 Å². The first-order valence-electron chi connectivity index (χ1n) is 10.2. The van der Waals surface area contributed by atoms with Crippen molar-refractivity contribution in [3.63, 3.8) is 0 Å². The van der Waals surface area contributed by atoms with E-state index in [4.69, 9.17) is 5.10 Å². The zero-order valence-electron chi connectivity index (χ0n) is 16.0. The Kier molecular flexibility index (Phi) is 4.23. The van der Waals surface area contributed by atoms with Gasteiger partial charge in [-0.05, 0) is 42.5 Å². The van der Waals surface area contributed by atoms with Gasteiger partial charge in [0.1, 0.15) is 11.4 Å². The van der Waals surface area contributed by atoms with Crippen molar-refractivity contribution in [2.75, 3.05) is 19.6 Å². The van der Waals surface area contributed by atoms with Gasteiger partial charge in [0, 0.05) is 38.0 Å². The molecule has 1 atom stereocenters. The van der Waals surface area contributed by atoms with Crippen molar-refractivity contribution in [2.24, 2.45) is 0 Å². The molecule has 2 aromatic rings. The summed E-state index contributed by atoms with van der Waals surface area (Å²) in [5.74, 6) is 0.864. The summed E-state index contributed by atoms with van der Waals surface area (Å²) in [5, 5.41) is 19.2. The molecule has 1 aromatic heterocycles. The van der Waals surface area contributed by atoms with E-state index in [-0.39, 0.29) is 11.9 Å². The monoisotopic (exact) mass is 378 g/mol. The molecule has 0 saturated heterocycles. The minimum absolute atomic E-state index is 0.0313. The predicted octanol–water partition coefficient (Wildman–Crippen LogP) is 2.60. The van der Waals surface area contributed by atoms with Crippen LogP contribution < -0.4 is 5.32 Å². The van der Waals surface area contributed by atoms with Crippen molar-refractivity contribution in [3.05, 3.63) is 53.4 Å². The second-order valence-electron chi connectivity index (χ2n) is 8.09. The Bertz CT molecular complexity index is 944. The molecule has 2 N–H and O–H groups in total. The number of aromatic nitrogens is 2. The molecule has 3 aliphatic rings. The third-order valence-electron chi connectivity index (χ3n) is 6.51. The van der Waals surface area contributed by atoms with Crippen molar-refractivity contribution >= 4 is 5.91 Å². The third kappa shape index (κ3) is 2.75. The van der Waals surface area contributed by atoms with Gasteiger partial charge in [-0.2, -0.15) is 5.10 Å². The standard InChI is InChI=1S/C22H26N4O2/c1-2-21(28)25-11-9-16-22-17(13-25)23-10-8-19(22)26(24-16)18-7-6-15(12-20(18)27)14-4-3-5-14/h2,6-7,12,14,17,23,27H,1,3-5,8-11,13H2/t17-/m0/s1. The highest BCUT2D eigenvalue weighted by Gasteiger charge is 2.34. The Balaban J connectivity index is 1.52. The minimum Gasteiger partial charge on any atom is -0.506 e. The molecule has 0 bridgehead atoms. The van der Waals surface area contributed by atoms with Crippen LogP contribution in [0.2, 0.25) is 0 Å². The van der Waals surface area contributed by atoms with E-state index in [1.54, 1.807) is 0 Å². The van der Waals surface area contributed by atoms with Crippen LogP contribution in [0.3, 0.4) is 0 Å². The molecule has 1 saturated carbocycles. The quantitative estimate of drug-likeness (QED) is 0.806. The molecular weight excluding hydrogens is 352 g/mol. The first-order valence-corrected chi connectivity index (χ1v) is 10.2. The van der Waals surface area contributed by atoms with Gasteiger partial charge in [-0.1, -0.05) is 19.1 Å². The topological polar surface area (TPSA) is 70.4 Å². The van der Waals surface area contributed by atoms with Crippen LogP contribution in [0.5, 0.6) is 5.75 Å². The summed E-state index contributed by atoms with van der Waals surface area (Å²) >= 11 is 0. The van der Waals surface area contributed by atoms with Gasteiger partial charge in [0.25, 0.3) is 0 Å². The first-order chi connectivity index (χ1) is 13.7. The highest BCUT2D eigenvalue weighted by molar-refractivity contribution is 5.87. The maximum Gasteiger partial charge on any atom is 0.246 e. The van der Waals surface area contributed by atoms with E-state index in [0.717, 1.165) is 30.0 Å². The van der Waals surface area contributed by atoms with Gasteiger partial charge in [0.05, 0.1) is 17.4 Å². The summed E-state index contributed by atoms with van der Waals surface area (Å²) in [6.45, 7) is 5.72. The predicted molar refractivity (Wildman–Crippen MR) is 107 cm³/mol. The van der Waals surface area contributed by atoms with E-state index >= 15 is 0 Å². The average Bonchev–Trinajstić information content (AvgIpc) is 2.91. The molecule has 146 valence electrons. The molecule has 5 rings (SSSR count). The molecule has 28 heavy (non-hydrogen) atoms. The summed E-state index contributed by atoms with van der Waals surface area (Å²) in [4.78, 5) is 14.0. The van der Waals surface area contributed by atoms with Crippen LogP contribution >= 0.6 is 0 Å². The molecule has 1 aliphatic carbocycles. The number of benzene rings is 1. The number of phenols is 1. The Morgan fingerprint density at radius 2 is 2.18 bits per heavy atom. The fourth-order valence-corrected chi connectivity index (χ4v) is 4.76. The molecule has 1 fully saturated rings. The highest BCUT2D eigenvalue weighted by atomic mass is 16.3. The van der Waals surface area contributed by atoms with Crippen molar-refractivity contribution < 1.29 is 9.90 Å². The van der Waals surface area contributed by atoms with E-state index in [1.165, 1.54) is 36.5 Å². The number of carbonyl (C=O) groups is 1. The van der Waals surface area contributed by atoms with E-state index < -0.39 is 0 Å². The number of nitrogens with one attached hydrogen (secondary N) is 1. The Hall–Kier alpha value is -2.60. The SMILES string of the molecule is C=CC(=O)N1CCc2nn(-c3ccc(C4CCC4)cc3O)c3c2[C@H](C1)NCC3. The lowest BCUT2D eigenvalue weighted by molar-refractivity contribution is -0.126. The van der Waals surface area contributed by atoms with Gasteiger partial charge in [0.15, 0.2) is 0 Å². The summed E-state index contributed by atoms with van der Waals surface area (Å²) in [6.07, 6.45) is 6.67. The second-order valence-corrected chi connectivity index (χ2v) is 8.09. The van der Waals surface area contributed by atoms with Crippen LogP contribution in [0.25, 0.3) is 5.69 Å². The molecule has 1 amide bonds. The van der Waals surface area contributed by atoms with E-state index in [0.29, 0.717) is 31.2 Å². The number of carbonyl (C=O) groups excluding carboxylic acids is 1. The van der Waals surface area contributed by atoms with Gasteiger partial charge >= 0.3 is 0 Å². The molecule has 6 nitrogen and oxygen atoms in total. The summed E-state index contributed by atoms with van der Waals surface area (Å²) in [7, 11) is 0. The van der Waals surface area contributed by atoms with Crippen molar-refractivity contribution in [1.82, 2.24) is 20.0 Å². The molecule has 6 heteroatoms. The third-order valence-corrected chi connectivity index (χ3v) is 6.51. The van der Waals surface area contributed by atoms with Crippen molar-refractivity contribution in [3.8, 4) is 11.4 Å². The van der Waals surface area contributed by atoms with Gasteiger partial charge in [0.2, 0.25) is 5.91 Å². The fourth-order valence-electron chi connectivity index (χ4n) is 4.76. The van der Waals surface area contributed by atoms with Gasteiger partial charge in [-0.3, -0.25) is 4.79 Å². The van der Waals surface area contributed by atoms with Gasteiger partial charge in [-0.25, -0.2) is 4.68 Å². The first kappa shape index (κ1) is 17.5. The maximum atomic E-state index is 12.1. The Morgan fingerprint density at radius 1 is 1.32 bits per heavy atom. The normalized spacial score (nSPS) is 21.6. The average molecular weight is 378 g/mol. The molecular formula is C22H26N4O2. The fraction of sp³-hybridized carbons (Fsp3) is 0.455. The maximum absolute atomic E-state index is 12.1. The molecule has 2 aliphatic heterocycles. The molecule has 1 aromatic carbocycles.